The van der Waals surface area contributed by atoms with Crippen LogP contribution in [0.15, 0.2) is 54.6 Å². The average Bonchev–Trinajstić information content (AvgIpc) is 2.49. The molecule has 0 radical (unpaired) electrons. The van der Waals surface area contributed by atoms with Crippen molar-refractivity contribution in [1.82, 2.24) is 0 Å². The molecule has 0 bridgehead atoms. The van der Waals surface area contributed by atoms with Gasteiger partial charge in [-0.1, -0.05) is 30.3 Å². The molecule has 0 saturated heterocycles. The highest BCUT2D eigenvalue weighted by Crippen LogP contribution is 2.21. The number of benzene rings is 2. The first kappa shape index (κ1) is 13.1. The summed E-state index contributed by atoms with van der Waals surface area (Å²) in [6.07, 6.45) is 0. The summed E-state index contributed by atoms with van der Waals surface area (Å²) in [6, 6.07) is 17.3. The standard InChI is InChI=1S/C16H18N2O/c1-3-18(13-9-5-4-6-10-13)16(19)14-11-7-8-12-15(14)17-2/h4-12,17H,3H2,1-2H3. The molecule has 0 aliphatic carbocycles. The SMILES string of the molecule is CCN(C(=O)c1ccccc1NC)c1ccccc1. The molecule has 0 spiro atoms. The molecule has 3 nitrogen and oxygen atoms in total. The van der Waals surface area contributed by atoms with Crippen LogP contribution in [0.3, 0.4) is 0 Å². The summed E-state index contributed by atoms with van der Waals surface area (Å²) >= 11 is 0. The number of nitrogens with zero attached hydrogens (tertiary/aromatic N) is 1. The largest absolute Gasteiger partial charge is 0.387 e. The maximum atomic E-state index is 12.6. The first-order valence-electron chi connectivity index (χ1n) is 6.41. The van der Waals surface area contributed by atoms with Crippen LogP contribution in [0.25, 0.3) is 0 Å². The van der Waals surface area contributed by atoms with Crippen LogP contribution >= 0.6 is 0 Å². The monoisotopic (exact) mass is 254 g/mol. The van der Waals surface area contributed by atoms with Crippen LogP contribution in [0.2, 0.25) is 0 Å². The highest BCUT2D eigenvalue weighted by molar-refractivity contribution is 6.09. The molecule has 2 aromatic carbocycles. The summed E-state index contributed by atoms with van der Waals surface area (Å²) in [5, 5.41) is 3.06. The lowest BCUT2D eigenvalue weighted by Gasteiger charge is -2.22. The van der Waals surface area contributed by atoms with Gasteiger partial charge in [0, 0.05) is 25.0 Å². The highest BCUT2D eigenvalue weighted by Gasteiger charge is 2.18. The van der Waals surface area contributed by atoms with E-state index in [1.165, 1.54) is 0 Å². The normalized spacial score (nSPS) is 10.0. The van der Waals surface area contributed by atoms with Gasteiger partial charge in [0.2, 0.25) is 0 Å². The molecule has 0 aliphatic heterocycles. The number of anilines is 2. The number of amides is 1. The quantitative estimate of drug-likeness (QED) is 0.907. The Labute approximate surface area is 113 Å². The van der Waals surface area contributed by atoms with Gasteiger partial charge < -0.3 is 10.2 Å². The number of rotatable bonds is 4. The third-order valence-corrected chi connectivity index (χ3v) is 3.06. The first-order valence-corrected chi connectivity index (χ1v) is 6.41. The van der Waals surface area contributed by atoms with E-state index in [2.05, 4.69) is 5.32 Å². The van der Waals surface area contributed by atoms with E-state index < -0.39 is 0 Å². The Kier molecular flexibility index (Phi) is 4.18. The summed E-state index contributed by atoms with van der Waals surface area (Å²) in [5.74, 6) is 0.0126. The topological polar surface area (TPSA) is 32.3 Å². The fraction of sp³-hybridized carbons (Fsp3) is 0.188. The lowest BCUT2D eigenvalue weighted by molar-refractivity contribution is 0.0989. The van der Waals surface area contributed by atoms with E-state index >= 15 is 0 Å². The zero-order valence-corrected chi connectivity index (χ0v) is 11.3. The van der Waals surface area contributed by atoms with Crippen molar-refractivity contribution in [3.05, 3.63) is 60.2 Å². The molecule has 0 aromatic heterocycles. The smallest absolute Gasteiger partial charge is 0.260 e. The van der Waals surface area contributed by atoms with Gasteiger partial charge in [0.15, 0.2) is 0 Å². The van der Waals surface area contributed by atoms with E-state index in [0.717, 1.165) is 11.4 Å². The molecule has 0 atom stereocenters. The van der Waals surface area contributed by atoms with Crippen molar-refractivity contribution in [1.29, 1.82) is 0 Å². The fourth-order valence-corrected chi connectivity index (χ4v) is 2.08. The van der Waals surface area contributed by atoms with Crippen molar-refractivity contribution in [3.63, 3.8) is 0 Å². The molecule has 0 saturated carbocycles. The van der Waals surface area contributed by atoms with Crippen LogP contribution in [0, 0.1) is 0 Å². The van der Waals surface area contributed by atoms with Gasteiger partial charge >= 0.3 is 0 Å². The first-order chi connectivity index (χ1) is 9.27. The van der Waals surface area contributed by atoms with Crippen LogP contribution in [-0.4, -0.2) is 19.5 Å². The molecule has 0 aliphatic rings. The molecule has 19 heavy (non-hydrogen) atoms. The Morgan fingerprint density at radius 1 is 1.05 bits per heavy atom. The third-order valence-electron chi connectivity index (χ3n) is 3.06. The number of para-hydroxylation sites is 2. The molecule has 98 valence electrons. The second-order valence-corrected chi connectivity index (χ2v) is 4.18. The van der Waals surface area contributed by atoms with E-state index in [0.29, 0.717) is 12.1 Å². The highest BCUT2D eigenvalue weighted by atomic mass is 16.2. The minimum absolute atomic E-state index is 0.0126. The lowest BCUT2D eigenvalue weighted by atomic mass is 10.1. The Hall–Kier alpha value is -2.29. The van der Waals surface area contributed by atoms with Crippen molar-refractivity contribution in [3.8, 4) is 0 Å². The maximum absolute atomic E-state index is 12.6. The molecular formula is C16H18N2O. The van der Waals surface area contributed by atoms with Crippen molar-refractivity contribution >= 4 is 17.3 Å². The molecule has 0 unspecified atom stereocenters. The Balaban J connectivity index is 2.36. The molecule has 2 aromatic rings. The summed E-state index contributed by atoms with van der Waals surface area (Å²) in [5.41, 5.74) is 2.46. The summed E-state index contributed by atoms with van der Waals surface area (Å²) < 4.78 is 0. The number of hydrogen-bond acceptors (Lipinski definition) is 2. The average molecular weight is 254 g/mol. The van der Waals surface area contributed by atoms with Crippen LogP contribution in [0.1, 0.15) is 17.3 Å². The van der Waals surface area contributed by atoms with E-state index in [1.807, 2.05) is 68.6 Å². The fourth-order valence-electron chi connectivity index (χ4n) is 2.08. The van der Waals surface area contributed by atoms with Gasteiger partial charge in [-0.15, -0.1) is 0 Å². The predicted octanol–water partition coefficient (Wildman–Crippen LogP) is 3.40. The van der Waals surface area contributed by atoms with E-state index in [1.54, 1.807) is 4.90 Å². The zero-order valence-electron chi connectivity index (χ0n) is 11.3. The second-order valence-electron chi connectivity index (χ2n) is 4.18. The molecular weight excluding hydrogens is 236 g/mol. The van der Waals surface area contributed by atoms with Crippen LogP contribution in [0.4, 0.5) is 11.4 Å². The molecule has 0 fully saturated rings. The van der Waals surface area contributed by atoms with E-state index in [-0.39, 0.29) is 5.91 Å². The third kappa shape index (κ3) is 2.76. The Morgan fingerprint density at radius 3 is 2.32 bits per heavy atom. The van der Waals surface area contributed by atoms with Gasteiger partial charge in [-0.05, 0) is 31.2 Å². The minimum atomic E-state index is 0.0126. The van der Waals surface area contributed by atoms with Gasteiger partial charge in [0.1, 0.15) is 0 Å². The van der Waals surface area contributed by atoms with E-state index in [9.17, 15) is 4.79 Å². The van der Waals surface area contributed by atoms with Crippen molar-refractivity contribution < 1.29 is 4.79 Å². The summed E-state index contributed by atoms with van der Waals surface area (Å²) in [7, 11) is 1.82. The number of carbonyl (C=O) groups excluding carboxylic acids is 1. The number of nitrogens with one attached hydrogen (secondary N) is 1. The van der Waals surface area contributed by atoms with Gasteiger partial charge in [-0.25, -0.2) is 0 Å². The Bertz CT molecular complexity index is 552. The van der Waals surface area contributed by atoms with Crippen molar-refractivity contribution in [2.75, 3.05) is 23.8 Å². The van der Waals surface area contributed by atoms with Gasteiger partial charge in [-0.2, -0.15) is 0 Å². The number of carbonyl (C=O) groups is 1. The molecule has 0 heterocycles. The minimum Gasteiger partial charge on any atom is -0.387 e. The van der Waals surface area contributed by atoms with E-state index in [4.69, 9.17) is 0 Å². The van der Waals surface area contributed by atoms with Crippen LogP contribution < -0.4 is 10.2 Å². The second kappa shape index (κ2) is 6.05. The van der Waals surface area contributed by atoms with Crippen molar-refractivity contribution in [2.24, 2.45) is 0 Å². The van der Waals surface area contributed by atoms with Crippen LogP contribution in [0.5, 0.6) is 0 Å². The Morgan fingerprint density at radius 2 is 1.68 bits per heavy atom. The lowest BCUT2D eigenvalue weighted by Crippen LogP contribution is -2.31. The summed E-state index contributed by atoms with van der Waals surface area (Å²) in [4.78, 5) is 14.4. The van der Waals surface area contributed by atoms with Gasteiger partial charge in [0.05, 0.1) is 5.56 Å². The predicted molar refractivity (Wildman–Crippen MR) is 79.8 cm³/mol. The van der Waals surface area contributed by atoms with Gasteiger partial charge in [-0.3, -0.25) is 4.79 Å². The maximum Gasteiger partial charge on any atom is 0.260 e. The number of hydrogen-bond donors (Lipinski definition) is 1. The molecule has 1 N–H and O–H groups in total. The molecule has 2 rings (SSSR count). The molecule has 3 heteroatoms. The molecule has 1 amide bonds. The van der Waals surface area contributed by atoms with Gasteiger partial charge in [0.25, 0.3) is 5.91 Å². The van der Waals surface area contributed by atoms with Crippen molar-refractivity contribution in [2.45, 2.75) is 6.92 Å². The van der Waals surface area contributed by atoms with Crippen LogP contribution in [-0.2, 0) is 0 Å². The zero-order chi connectivity index (χ0) is 13.7. The summed E-state index contributed by atoms with van der Waals surface area (Å²) in [6.45, 7) is 2.62.